The van der Waals surface area contributed by atoms with E-state index in [1.807, 2.05) is 39.8 Å². The number of hydrogen-bond acceptors (Lipinski definition) is 5. The van der Waals surface area contributed by atoms with Crippen LogP contribution in [0.2, 0.25) is 0 Å². The van der Waals surface area contributed by atoms with Gasteiger partial charge in [0.1, 0.15) is 5.60 Å². The van der Waals surface area contributed by atoms with Crippen molar-refractivity contribution in [2.75, 3.05) is 40.3 Å². The van der Waals surface area contributed by atoms with E-state index in [0.717, 1.165) is 38.9 Å². The summed E-state index contributed by atoms with van der Waals surface area (Å²) in [5.41, 5.74) is -0.404. The molecular weight excluding hydrogens is 330 g/mol. The fourth-order valence-electron chi connectivity index (χ4n) is 2.95. The van der Waals surface area contributed by atoms with Gasteiger partial charge in [0.2, 0.25) is 0 Å². The Morgan fingerprint density at radius 2 is 1.73 bits per heavy atom. The Bertz CT molecular complexity index is 336. The average molecular weight is 374 g/mol. The largest absolute Gasteiger partial charge is 0.444 e. The Morgan fingerprint density at radius 1 is 1.08 bits per heavy atom. The Balaban J connectivity index is 0.000000541. The molecule has 1 aliphatic rings. The van der Waals surface area contributed by atoms with Crippen molar-refractivity contribution in [1.82, 2.24) is 15.5 Å². The highest BCUT2D eigenvalue weighted by Crippen LogP contribution is 2.19. The summed E-state index contributed by atoms with van der Waals surface area (Å²) in [6.07, 6.45) is 9.16. The van der Waals surface area contributed by atoms with Crippen LogP contribution in [0.1, 0.15) is 72.1 Å². The van der Waals surface area contributed by atoms with Crippen LogP contribution in [0, 0.1) is 0 Å². The third-order valence-electron chi connectivity index (χ3n) is 4.28. The Labute approximate surface area is 161 Å². The van der Waals surface area contributed by atoms with E-state index in [1.54, 1.807) is 0 Å². The van der Waals surface area contributed by atoms with Crippen LogP contribution in [0.4, 0.5) is 4.79 Å². The van der Waals surface area contributed by atoms with Crippen molar-refractivity contribution in [2.24, 2.45) is 0 Å². The quantitative estimate of drug-likeness (QED) is 0.542. The molecule has 0 aromatic carbocycles. The van der Waals surface area contributed by atoms with Gasteiger partial charge in [-0.1, -0.05) is 19.3 Å². The lowest BCUT2D eigenvalue weighted by molar-refractivity contribution is 0.0102. The van der Waals surface area contributed by atoms with Crippen molar-refractivity contribution in [3.05, 3.63) is 0 Å². The monoisotopic (exact) mass is 373 g/mol. The number of rotatable bonds is 9. The summed E-state index contributed by atoms with van der Waals surface area (Å²) in [7, 11) is 3.90. The summed E-state index contributed by atoms with van der Waals surface area (Å²) in [5, 5.41) is 14.7. The number of nitrogens with one attached hydrogen (secondary N) is 2. The predicted octanol–water partition coefficient (Wildman–Crippen LogP) is 3.14. The van der Waals surface area contributed by atoms with E-state index in [2.05, 4.69) is 10.6 Å². The second kappa shape index (κ2) is 15.2. The average Bonchev–Trinajstić information content (AvgIpc) is 2.58. The summed E-state index contributed by atoms with van der Waals surface area (Å²) in [5.74, 6) is 0. The lowest BCUT2D eigenvalue weighted by Crippen LogP contribution is -2.49. The van der Waals surface area contributed by atoms with Crippen molar-refractivity contribution in [1.29, 1.82) is 0 Å². The molecule has 1 unspecified atom stereocenters. The number of unbranched alkanes of at least 4 members (excludes halogenated alkanes) is 4. The van der Waals surface area contributed by atoms with Crippen molar-refractivity contribution in [2.45, 2.75) is 83.8 Å². The number of carbonyl (C=O) groups is 1. The van der Waals surface area contributed by atoms with E-state index in [-0.39, 0.29) is 12.1 Å². The van der Waals surface area contributed by atoms with Gasteiger partial charge in [-0.15, -0.1) is 0 Å². The van der Waals surface area contributed by atoms with E-state index < -0.39 is 5.60 Å². The molecule has 1 heterocycles. The lowest BCUT2D eigenvalue weighted by atomic mass is 10.0. The SMILES string of the molecule is CNCC1CCCCN1C(=O)OC(C)(C)C.CNCCCCCCCO. The maximum absolute atomic E-state index is 12.0. The zero-order valence-corrected chi connectivity index (χ0v) is 17.8. The van der Waals surface area contributed by atoms with Gasteiger partial charge in [-0.25, -0.2) is 4.79 Å². The molecule has 0 spiro atoms. The minimum atomic E-state index is -0.404. The molecule has 1 aliphatic heterocycles. The van der Waals surface area contributed by atoms with Crippen LogP contribution in [0.15, 0.2) is 0 Å². The van der Waals surface area contributed by atoms with Gasteiger partial charge in [0.25, 0.3) is 0 Å². The number of nitrogens with zero attached hydrogens (tertiary/aromatic N) is 1. The van der Waals surface area contributed by atoms with Crippen molar-refractivity contribution in [3.63, 3.8) is 0 Å². The second-order valence-electron chi connectivity index (χ2n) is 7.98. The zero-order valence-electron chi connectivity index (χ0n) is 17.8. The summed E-state index contributed by atoms with van der Waals surface area (Å²) < 4.78 is 5.41. The summed E-state index contributed by atoms with van der Waals surface area (Å²) in [6.45, 7) is 8.86. The first-order valence-electron chi connectivity index (χ1n) is 10.3. The predicted molar refractivity (Wildman–Crippen MR) is 109 cm³/mol. The Kier molecular flexibility index (Phi) is 14.7. The smallest absolute Gasteiger partial charge is 0.410 e. The molecule has 1 fully saturated rings. The van der Waals surface area contributed by atoms with Gasteiger partial charge in [-0.3, -0.25) is 0 Å². The molecule has 1 rings (SSSR count). The van der Waals surface area contributed by atoms with Gasteiger partial charge < -0.3 is 25.4 Å². The molecule has 0 aromatic rings. The van der Waals surface area contributed by atoms with Gasteiger partial charge in [-0.2, -0.15) is 0 Å². The molecule has 0 bridgehead atoms. The molecule has 0 radical (unpaired) electrons. The van der Waals surface area contributed by atoms with E-state index in [9.17, 15) is 4.79 Å². The van der Waals surface area contributed by atoms with Gasteiger partial charge in [0, 0.05) is 25.7 Å². The number of amides is 1. The molecule has 1 atom stereocenters. The molecule has 1 saturated heterocycles. The van der Waals surface area contributed by atoms with Crippen LogP contribution in [0.3, 0.4) is 0 Å². The molecule has 156 valence electrons. The number of aliphatic hydroxyl groups is 1. The normalized spacial score (nSPS) is 17.5. The third kappa shape index (κ3) is 13.4. The molecule has 1 amide bonds. The fraction of sp³-hybridized carbons (Fsp3) is 0.950. The summed E-state index contributed by atoms with van der Waals surface area (Å²) >= 11 is 0. The number of aliphatic hydroxyl groups excluding tert-OH is 1. The summed E-state index contributed by atoms with van der Waals surface area (Å²) in [6, 6.07) is 0.286. The molecular formula is C20H43N3O3. The molecule has 26 heavy (non-hydrogen) atoms. The number of likely N-dealkylation sites (tertiary alicyclic amines) is 1. The van der Waals surface area contributed by atoms with E-state index >= 15 is 0 Å². The van der Waals surface area contributed by atoms with Crippen molar-refractivity contribution >= 4 is 6.09 Å². The van der Waals surface area contributed by atoms with Crippen LogP contribution in [-0.2, 0) is 4.74 Å². The van der Waals surface area contributed by atoms with Crippen LogP contribution in [0.5, 0.6) is 0 Å². The number of piperidine rings is 1. The van der Waals surface area contributed by atoms with E-state index in [4.69, 9.17) is 9.84 Å². The maximum Gasteiger partial charge on any atom is 0.410 e. The first kappa shape index (κ1) is 25.1. The number of ether oxygens (including phenoxy) is 1. The molecule has 0 aromatic heterocycles. The van der Waals surface area contributed by atoms with Crippen LogP contribution < -0.4 is 10.6 Å². The topological polar surface area (TPSA) is 73.8 Å². The number of hydrogen-bond donors (Lipinski definition) is 3. The minimum Gasteiger partial charge on any atom is -0.444 e. The molecule has 3 N–H and O–H groups in total. The highest BCUT2D eigenvalue weighted by atomic mass is 16.6. The Morgan fingerprint density at radius 3 is 2.31 bits per heavy atom. The van der Waals surface area contributed by atoms with Gasteiger partial charge in [-0.05, 0) is 73.5 Å². The van der Waals surface area contributed by atoms with Crippen molar-refractivity contribution < 1.29 is 14.6 Å². The maximum atomic E-state index is 12.0. The molecule has 0 saturated carbocycles. The highest BCUT2D eigenvalue weighted by molar-refractivity contribution is 5.68. The highest BCUT2D eigenvalue weighted by Gasteiger charge is 2.29. The van der Waals surface area contributed by atoms with Crippen LogP contribution in [0.25, 0.3) is 0 Å². The lowest BCUT2D eigenvalue weighted by Gasteiger charge is -2.36. The van der Waals surface area contributed by atoms with Crippen molar-refractivity contribution in [3.8, 4) is 0 Å². The van der Waals surface area contributed by atoms with Crippen LogP contribution in [-0.4, -0.2) is 68.1 Å². The van der Waals surface area contributed by atoms with Gasteiger partial charge >= 0.3 is 6.09 Å². The minimum absolute atomic E-state index is 0.174. The number of likely N-dealkylation sites (N-methyl/N-ethyl adjacent to an activating group) is 1. The van der Waals surface area contributed by atoms with Gasteiger partial charge in [0.05, 0.1) is 0 Å². The van der Waals surface area contributed by atoms with E-state index in [0.29, 0.717) is 6.61 Å². The molecule has 6 heteroatoms. The summed E-state index contributed by atoms with van der Waals surface area (Å²) in [4.78, 5) is 13.8. The number of carbonyl (C=O) groups excluding carboxylic acids is 1. The van der Waals surface area contributed by atoms with Gasteiger partial charge in [0.15, 0.2) is 0 Å². The first-order chi connectivity index (χ1) is 12.4. The fourth-order valence-corrected chi connectivity index (χ4v) is 2.95. The standard InChI is InChI=1S/C12H24N2O2.C8H19NO/c1-12(2,3)16-11(15)14-8-6-5-7-10(14)9-13-4;1-9-7-5-3-2-4-6-8-10/h10,13H,5-9H2,1-4H3;9-10H,2-8H2,1H3. The molecule has 6 nitrogen and oxygen atoms in total. The van der Waals surface area contributed by atoms with E-state index in [1.165, 1.54) is 32.1 Å². The molecule has 0 aliphatic carbocycles. The van der Waals surface area contributed by atoms with Crippen LogP contribution >= 0.6 is 0 Å². The Hall–Kier alpha value is -0.850. The first-order valence-corrected chi connectivity index (χ1v) is 10.3. The zero-order chi connectivity index (χ0) is 19.8. The third-order valence-corrected chi connectivity index (χ3v) is 4.28. The second-order valence-corrected chi connectivity index (χ2v) is 7.98.